The first-order valence-corrected chi connectivity index (χ1v) is 31.4. The first-order chi connectivity index (χ1) is 36.7. The number of hydrogen-bond donors (Lipinski definition) is 6. The van der Waals surface area contributed by atoms with E-state index in [9.17, 15) is 35.1 Å². The second-order valence-corrected chi connectivity index (χ2v) is 21.8. The molecule has 0 aromatic rings. The van der Waals surface area contributed by atoms with Crippen molar-refractivity contribution >= 4 is 11.9 Å². The van der Waals surface area contributed by atoms with Crippen molar-refractivity contribution in [1.82, 2.24) is 5.32 Å². The Balaban J connectivity index is 2.64. The van der Waals surface area contributed by atoms with Crippen LogP contribution >= 0.6 is 0 Å². The molecule has 1 heterocycles. The number of hydrogen-bond acceptors (Lipinski definition) is 10. The number of rotatable bonds is 53. The molecule has 11 heteroatoms. The predicted octanol–water partition coefficient (Wildman–Crippen LogP) is 14.8. The number of aliphatic hydroxyl groups is 5. The van der Waals surface area contributed by atoms with Crippen molar-refractivity contribution in [3.8, 4) is 0 Å². The summed E-state index contributed by atoms with van der Waals surface area (Å²) >= 11 is 0. The number of nitrogens with one attached hydrogen (secondary N) is 1. The van der Waals surface area contributed by atoms with E-state index in [4.69, 9.17) is 14.2 Å². The van der Waals surface area contributed by atoms with Gasteiger partial charge in [-0.05, 0) is 77.0 Å². The van der Waals surface area contributed by atoms with Gasteiger partial charge in [-0.15, -0.1) is 0 Å². The quantitative estimate of drug-likeness (QED) is 0.0195. The average molecular weight is 1060 g/mol. The molecule has 0 aromatic heterocycles. The Hall–Kier alpha value is -2.38. The molecule has 0 aromatic carbocycles. The fourth-order valence-electron chi connectivity index (χ4n) is 9.74. The van der Waals surface area contributed by atoms with Crippen molar-refractivity contribution in [2.24, 2.45) is 0 Å². The zero-order chi connectivity index (χ0) is 54.7. The molecule has 8 atom stereocenters. The summed E-state index contributed by atoms with van der Waals surface area (Å²) in [6.07, 6.45) is 53.0. The number of unbranched alkanes of at least 4 members (excludes halogenated alkanes) is 33. The Morgan fingerprint density at radius 1 is 0.533 bits per heavy atom. The Morgan fingerprint density at radius 2 is 0.960 bits per heavy atom. The van der Waals surface area contributed by atoms with Crippen LogP contribution in [0.3, 0.4) is 0 Å². The minimum Gasteiger partial charge on any atom is -0.454 e. The predicted molar refractivity (Wildman–Crippen MR) is 310 cm³/mol. The fourth-order valence-corrected chi connectivity index (χ4v) is 9.74. The van der Waals surface area contributed by atoms with E-state index < -0.39 is 67.4 Å². The minimum absolute atomic E-state index is 0.123. The fraction of sp³-hybridized carbons (Fsp3) is 0.844. The van der Waals surface area contributed by atoms with Gasteiger partial charge in [-0.1, -0.05) is 249 Å². The van der Waals surface area contributed by atoms with Gasteiger partial charge >= 0.3 is 5.97 Å². The van der Waals surface area contributed by atoms with Crippen LogP contribution in [0.25, 0.3) is 0 Å². The lowest BCUT2D eigenvalue weighted by atomic mass is 9.99. The summed E-state index contributed by atoms with van der Waals surface area (Å²) < 4.78 is 17.6. The minimum atomic E-state index is -1.61. The smallest absolute Gasteiger partial charge is 0.306 e. The Morgan fingerprint density at radius 3 is 1.44 bits per heavy atom. The molecule has 8 unspecified atom stereocenters. The normalized spacial score (nSPS) is 19.5. The highest BCUT2D eigenvalue weighted by Gasteiger charge is 2.47. The number of amides is 1. The summed E-state index contributed by atoms with van der Waals surface area (Å²) in [6.45, 7) is 5.68. The number of allylic oxidation sites excluding steroid dienone is 7. The maximum absolute atomic E-state index is 13.4. The van der Waals surface area contributed by atoms with Crippen LogP contribution in [0.2, 0.25) is 0 Å². The largest absolute Gasteiger partial charge is 0.454 e. The maximum Gasteiger partial charge on any atom is 0.306 e. The zero-order valence-electron chi connectivity index (χ0n) is 48.4. The van der Waals surface area contributed by atoms with Crippen LogP contribution in [0, 0.1) is 0 Å². The van der Waals surface area contributed by atoms with Crippen LogP contribution in [0.1, 0.15) is 284 Å². The van der Waals surface area contributed by atoms with Crippen molar-refractivity contribution in [2.45, 2.75) is 333 Å². The molecule has 6 N–H and O–H groups in total. The van der Waals surface area contributed by atoms with Crippen LogP contribution in [-0.4, -0.2) is 99.6 Å². The first kappa shape index (κ1) is 70.6. The molecule has 1 aliphatic rings. The number of carbonyl (C=O) groups excluding carboxylic acids is 2. The number of esters is 1. The van der Waals surface area contributed by atoms with Crippen molar-refractivity contribution < 1.29 is 49.3 Å². The molecule has 0 spiro atoms. The highest BCUT2D eigenvalue weighted by Crippen LogP contribution is 2.26. The standard InChI is InChI=1S/C64H117NO10/c1-4-7-10-13-16-19-22-25-26-27-28-29-30-31-32-34-37-40-43-46-49-52-59(69)75-62-61(71)60(70)58(53-66)74-64(62)73-54-55(56(67)50-47-44-41-38-35-24-21-18-15-12-9-6-3)65-63(72)57(68)51-48-45-42-39-36-33-23-20-17-14-11-8-5-2/h8,11,17,20,25-26,47,50,55-58,60-62,64,66-68,70-71H,4-7,9-10,12-16,18-19,21-24,27-46,48-49,51-54H2,1-3H3,(H,65,72)/b11-8+,20-17+,26-25+,50-47+. The second kappa shape index (κ2) is 52.3. The lowest BCUT2D eigenvalue weighted by Gasteiger charge is -2.41. The van der Waals surface area contributed by atoms with Crippen molar-refractivity contribution in [3.63, 3.8) is 0 Å². The third-order valence-corrected chi connectivity index (χ3v) is 14.7. The van der Waals surface area contributed by atoms with Crippen LogP contribution in [0.15, 0.2) is 48.6 Å². The second-order valence-electron chi connectivity index (χ2n) is 21.8. The summed E-state index contributed by atoms with van der Waals surface area (Å²) in [4.78, 5) is 26.5. The zero-order valence-corrected chi connectivity index (χ0v) is 48.4. The molecule has 75 heavy (non-hydrogen) atoms. The molecule has 11 nitrogen and oxygen atoms in total. The SMILES string of the molecule is CC/C=C/C/C=C/CCCCCCCCC(O)C(=O)NC(COC1OC(CO)C(O)C(O)C1OC(=O)CCCCCCCCCCCCC/C=C/CCCCCCCC)C(O)/C=C/CCCCCCCCCCCC. The van der Waals surface area contributed by atoms with Crippen LogP contribution < -0.4 is 5.32 Å². The molecule has 1 saturated heterocycles. The lowest BCUT2D eigenvalue weighted by molar-refractivity contribution is -0.305. The molecule has 0 aliphatic carbocycles. The van der Waals surface area contributed by atoms with Gasteiger partial charge in [0.1, 0.15) is 24.4 Å². The third-order valence-electron chi connectivity index (χ3n) is 14.7. The molecule has 438 valence electrons. The molecule has 1 fully saturated rings. The topological polar surface area (TPSA) is 175 Å². The van der Waals surface area contributed by atoms with Gasteiger partial charge in [-0.3, -0.25) is 9.59 Å². The van der Waals surface area contributed by atoms with E-state index in [1.165, 1.54) is 148 Å². The summed E-state index contributed by atoms with van der Waals surface area (Å²) in [7, 11) is 0. The van der Waals surface area contributed by atoms with Crippen molar-refractivity contribution in [1.29, 1.82) is 0 Å². The molecular formula is C64H117NO10. The number of ether oxygens (including phenoxy) is 3. The van der Waals surface area contributed by atoms with Crippen molar-refractivity contribution in [2.75, 3.05) is 13.2 Å². The van der Waals surface area contributed by atoms with E-state index in [-0.39, 0.29) is 19.4 Å². The summed E-state index contributed by atoms with van der Waals surface area (Å²) in [5.74, 6) is -1.20. The van der Waals surface area contributed by atoms with Gasteiger partial charge in [0.2, 0.25) is 5.91 Å². The molecule has 1 rings (SSSR count). The molecule has 0 bridgehead atoms. The van der Waals surface area contributed by atoms with Gasteiger partial charge in [0.25, 0.3) is 0 Å². The molecular weight excluding hydrogens is 943 g/mol. The summed E-state index contributed by atoms with van der Waals surface area (Å²) in [5.41, 5.74) is 0. The summed E-state index contributed by atoms with van der Waals surface area (Å²) in [6, 6.07) is -1.03. The van der Waals surface area contributed by atoms with E-state index >= 15 is 0 Å². The highest BCUT2D eigenvalue weighted by molar-refractivity contribution is 5.80. The Kier molecular flexibility index (Phi) is 49.3. The van der Waals surface area contributed by atoms with Crippen LogP contribution in [0.5, 0.6) is 0 Å². The summed E-state index contributed by atoms with van der Waals surface area (Å²) in [5, 5.41) is 56.9. The van der Waals surface area contributed by atoms with E-state index in [2.05, 4.69) is 62.5 Å². The van der Waals surface area contributed by atoms with Gasteiger partial charge in [0.05, 0.1) is 25.4 Å². The van der Waals surface area contributed by atoms with Gasteiger partial charge < -0.3 is 45.1 Å². The van der Waals surface area contributed by atoms with E-state index in [0.717, 1.165) is 89.9 Å². The van der Waals surface area contributed by atoms with Crippen molar-refractivity contribution in [3.05, 3.63) is 48.6 Å². The Labute approximate surface area is 459 Å². The third kappa shape index (κ3) is 40.5. The molecule has 0 radical (unpaired) electrons. The first-order valence-electron chi connectivity index (χ1n) is 31.4. The number of aliphatic hydroxyl groups excluding tert-OH is 5. The highest BCUT2D eigenvalue weighted by atomic mass is 16.7. The monoisotopic (exact) mass is 1060 g/mol. The van der Waals surface area contributed by atoms with Gasteiger partial charge in [-0.2, -0.15) is 0 Å². The van der Waals surface area contributed by atoms with E-state index in [1.807, 2.05) is 6.08 Å². The molecule has 0 saturated carbocycles. The Bertz CT molecular complexity index is 1400. The van der Waals surface area contributed by atoms with E-state index in [0.29, 0.717) is 12.8 Å². The van der Waals surface area contributed by atoms with Gasteiger partial charge in [0.15, 0.2) is 12.4 Å². The average Bonchev–Trinajstić information content (AvgIpc) is 3.41. The van der Waals surface area contributed by atoms with Gasteiger partial charge in [0, 0.05) is 6.42 Å². The molecule has 1 amide bonds. The van der Waals surface area contributed by atoms with Crippen LogP contribution in [0.4, 0.5) is 0 Å². The van der Waals surface area contributed by atoms with E-state index in [1.54, 1.807) is 6.08 Å². The lowest BCUT2D eigenvalue weighted by Crippen LogP contribution is -2.61. The maximum atomic E-state index is 13.4. The van der Waals surface area contributed by atoms with Gasteiger partial charge in [-0.25, -0.2) is 0 Å². The molecule has 1 aliphatic heterocycles. The number of carbonyl (C=O) groups is 2. The van der Waals surface area contributed by atoms with Crippen LogP contribution in [-0.2, 0) is 23.8 Å².